The minimum Gasteiger partial charge on any atom is -0.497 e. The van der Waals surface area contributed by atoms with Crippen molar-refractivity contribution in [3.05, 3.63) is 64.0 Å². The minimum absolute atomic E-state index is 0.230. The molecule has 0 fully saturated rings. The van der Waals surface area contributed by atoms with Crippen molar-refractivity contribution in [2.45, 2.75) is 19.9 Å². The maximum atomic E-state index is 13.0. The summed E-state index contributed by atoms with van der Waals surface area (Å²) in [5.41, 5.74) is 0.669. The van der Waals surface area contributed by atoms with Gasteiger partial charge in [-0.15, -0.1) is 0 Å². The van der Waals surface area contributed by atoms with Crippen LogP contribution in [0, 0.1) is 0 Å². The summed E-state index contributed by atoms with van der Waals surface area (Å²) in [7, 11) is 3.13. The summed E-state index contributed by atoms with van der Waals surface area (Å²) >= 11 is 0. The number of hydrogen-bond acceptors (Lipinski definition) is 6. The van der Waals surface area contributed by atoms with Gasteiger partial charge in [-0.2, -0.15) is 0 Å². The molecule has 1 N–H and O–H groups in total. The summed E-state index contributed by atoms with van der Waals surface area (Å²) in [6.45, 7) is 4.17. The average Bonchev–Trinajstić information content (AvgIpc) is 2.72. The highest BCUT2D eigenvalue weighted by atomic mass is 16.5. The Morgan fingerprint density at radius 2 is 1.83 bits per heavy atom. The van der Waals surface area contributed by atoms with Crippen molar-refractivity contribution in [1.29, 1.82) is 0 Å². The zero-order chi connectivity index (χ0) is 21.0. The molecule has 0 radical (unpaired) electrons. The van der Waals surface area contributed by atoms with E-state index in [1.807, 2.05) is 13.8 Å². The van der Waals surface area contributed by atoms with E-state index in [1.54, 1.807) is 50.6 Å². The first kappa shape index (κ1) is 20.3. The highest BCUT2D eigenvalue weighted by Gasteiger charge is 2.19. The Bertz CT molecular complexity index is 1090. The van der Waals surface area contributed by atoms with Crippen molar-refractivity contribution in [1.82, 2.24) is 5.32 Å². The molecule has 7 nitrogen and oxygen atoms in total. The lowest BCUT2D eigenvalue weighted by Crippen LogP contribution is -2.28. The van der Waals surface area contributed by atoms with E-state index in [1.165, 1.54) is 6.07 Å². The van der Waals surface area contributed by atoms with E-state index in [0.717, 1.165) is 5.56 Å². The molecule has 0 saturated heterocycles. The van der Waals surface area contributed by atoms with E-state index in [2.05, 4.69) is 5.32 Å². The van der Waals surface area contributed by atoms with Crippen molar-refractivity contribution in [3.8, 4) is 17.2 Å². The highest BCUT2D eigenvalue weighted by Crippen LogP contribution is 2.30. The minimum atomic E-state index is -0.608. The molecule has 1 amide bonds. The predicted octanol–water partition coefficient (Wildman–Crippen LogP) is 3.70. The molecule has 0 bridgehead atoms. The van der Waals surface area contributed by atoms with Crippen molar-refractivity contribution in [2.24, 2.45) is 0 Å². The number of rotatable bonds is 7. The van der Waals surface area contributed by atoms with Crippen molar-refractivity contribution < 1.29 is 23.4 Å². The molecule has 0 spiro atoms. The highest BCUT2D eigenvalue weighted by molar-refractivity contribution is 6.05. The van der Waals surface area contributed by atoms with Gasteiger partial charge in [0, 0.05) is 23.1 Å². The van der Waals surface area contributed by atoms with E-state index in [-0.39, 0.29) is 5.56 Å². The molecule has 0 aliphatic heterocycles. The zero-order valence-electron chi connectivity index (χ0n) is 16.8. The summed E-state index contributed by atoms with van der Waals surface area (Å²) in [5.74, 6) is 1.44. The fraction of sp³-hybridized carbons (Fsp3) is 0.273. The number of fused-ring (bicyclic) bond motifs is 1. The lowest BCUT2D eigenvalue weighted by Gasteiger charge is -2.18. The summed E-state index contributed by atoms with van der Waals surface area (Å²) in [4.78, 5) is 25.0. The standard InChI is InChI=1S/C22H23NO6/c1-5-28-15-6-8-16-18(12-21(24)29-20(16)11-15)22(25)23-13(2)17-10-14(26-3)7-9-19(17)27-4/h6-13H,5H2,1-4H3,(H,23,25). The molecule has 2 aromatic carbocycles. The van der Waals surface area contributed by atoms with E-state index < -0.39 is 17.6 Å². The Morgan fingerprint density at radius 3 is 2.52 bits per heavy atom. The molecule has 1 unspecified atom stereocenters. The smallest absolute Gasteiger partial charge is 0.337 e. The fourth-order valence-corrected chi connectivity index (χ4v) is 3.12. The third-order valence-electron chi connectivity index (χ3n) is 4.52. The van der Waals surface area contributed by atoms with Crippen LogP contribution in [-0.2, 0) is 0 Å². The summed E-state index contributed by atoms with van der Waals surface area (Å²) in [6, 6.07) is 11.2. The van der Waals surface area contributed by atoms with Crippen LogP contribution in [0.4, 0.5) is 0 Å². The van der Waals surface area contributed by atoms with Gasteiger partial charge in [-0.25, -0.2) is 4.79 Å². The van der Waals surface area contributed by atoms with E-state index >= 15 is 0 Å². The van der Waals surface area contributed by atoms with Gasteiger partial charge in [0.25, 0.3) is 5.91 Å². The Balaban J connectivity index is 1.95. The SMILES string of the molecule is CCOc1ccc2c(C(=O)NC(C)c3cc(OC)ccc3OC)cc(=O)oc2c1. The number of ether oxygens (including phenoxy) is 3. The summed E-state index contributed by atoms with van der Waals surface area (Å²) in [5, 5.41) is 3.43. The number of nitrogens with one attached hydrogen (secondary N) is 1. The third kappa shape index (κ3) is 4.34. The summed E-state index contributed by atoms with van der Waals surface area (Å²) in [6.07, 6.45) is 0. The van der Waals surface area contributed by atoms with Crippen LogP contribution in [0.2, 0.25) is 0 Å². The maximum Gasteiger partial charge on any atom is 0.337 e. The van der Waals surface area contributed by atoms with Crippen molar-refractivity contribution >= 4 is 16.9 Å². The molecule has 1 heterocycles. The van der Waals surface area contributed by atoms with Gasteiger partial charge in [0.15, 0.2) is 0 Å². The Kier molecular flexibility index (Phi) is 6.07. The second-order valence-electron chi connectivity index (χ2n) is 6.37. The van der Waals surface area contributed by atoms with Gasteiger partial charge in [-0.1, -0.05) is 0 Å². The van der Waals surface area contributed by atoms with Crippen LogP contribution in [-0.4, -0.2) is 26.7 Å². The fourth-order valence-electron chi connectivity index (χ4n) is 3.12. The van der Waals surface area contributed by atoms with Gasteiger partial charge >= 0.3 is 5.63 Å². The molecule has 0 aliphatic rings. The lowest BCUT2D eigenvalue weighted by atomic mass is 10.0. The summed E-state index contributed by atoms with van der Waals surface area (Å²) < 4.78 is 21.3. The largest absolute Gasteiger partial charge is 0.497 e. The van der Waals surface area contributed by atoms with Gasteiger partial charge in [0.1, 0.15) is 22.8 Å². The van der Waals surface area contributed by atoms with Gasteiger partial charge in [-0.3, -0.25) is 4.79 Å². The molecule has 3 rings (SSSR count). The number of carbonyl (C=O) groups excluding carboxylic acids is 1. The lowest BCUT2D eigenvalue weighted by molar-refractivity contribution is 0.0940. The second kappa shape index (κ2) is 8.68. The van der Waals surface area contributed by atoms with Crippen LogP contribution in [0.3, 0.4) is 0 Å². The van der Waals surface area contributed by atoms with Crippen LogP contribution in [0.5, 0.6) is 17.2 Å². The topological polar surface area (TPSA) is 87.0 Å². The molecular formula is C22H23NO6. The quantitative estimate of drug-likeness (QED) is 0.612. The first-order valence-corrected chi connectivity index (χ1v) is 9.20. The van der Waals surface area contributed by atoms with Crippen LogP contribution in [0.1, 0.15) is 35.8 Å². The molecule has 1 aromatic heterocycles. The first-order valence-electron chi connectivity index (χ1n) is 9.20. The molecule has 0 aliphatic carbocycles. The average molecular weight is 397 g/mol. The van der Waals surface area contributed by atoms with Gasteiger partial charge in [-0.05, 0) is 44.2 Å². The van der Waals surface area contributed by atoms with Crippen LogP contribution in [0.15, 0.2) is 51.7 Å². The number of hydrogen-bond donors (Lipinski definition) is 1. The monoisotopic (exact) mass is 397 g/mol. The van der Waals surface area contributed by atoms with Crippen molar-refractivity contribution in [3.63, 3.8) is 0 Å². The molecule has 1 atom stereocenters. The molecular weight excluding hydrogens is 374 g/mol. The first-order chi connectivity index (χ1) is 14.0. The Labute approximate surface area is 168 Å². The second-order valence-corrected chi connectivity index (χ2v) is 6.37. The van der Waals surface area contributed by atoms with Crippen LogP contribution in [0.25, 0.3) is 11.0 Å². The van der Waals surface area contributed by atoms with E-state index in [4.69, 9.17) is 18.6 Å². The van der Waals surface area contributed by atoms with Crippen LogP contribution >= 0.6 is 0 Å². The zero-order valence-corrected chi connectivity index (χ0v) is 16.8. The molecule has 3 aromatic rings. The molecule has 0 saturated carbocycles. The van der Waals surface area contributed by atoms with Gasteiger partial charge in [0.2, 0.25) is 0 Å². The predicted molar refractivity (Wildman–Crippen MR) is 109 cm³/mol. The van der Waals surface area contributed by atoms with E-state index in [0.29, 0.717) is 34.8 Å². The van der Waals surface area contributed by atoms with Gasteiger partial charge in [0.05, 0.1) is 32.4 Å². The van der Waals surface area contributed by atoms with Crippen LogP contribution < -0.4 is 25.2 Å². The number of benzene rings is 2. The van der Waals surface area contributed by atoms with Gasteiger partial charge < -0.3 is 23.9 Å². The number of carbonyl (C=O) groups is 1. The molecule has 7 heteroatoms. The Morgan fingerprint density at radius 1 is 1.07 bits per heavy atom. The molecule has 29 heavy (non-hydrogen) atoms. The molecule has 152 valence electrons. The Hall–Kier alpha value is -3.48. The normalized spacial score (nSPS) is 11.7. The number of amides is 1. The van der Waals surface area contributed by atoms with Crippen molar-refractivity contribution in [2.75, 3.05) is 20.8 Å². The maximum absolute atomic E-state index is 13.0. The number of methoxy groups -OCH3 is 2. The van der Waals surface area contributed by atoms with E-state index in [9.17, 15) is 9.59 Å². The third-order valence-corrected chi connectivity index (χ3v) is 4.52.